The molecule has 0 bridgehead atoms. The van der Waals surface area contributed by atoms with Crippen molar-refractivity contribution >= 4 is 99.5 Å². The van der Waals surface area contributed by atoms with E-state index in [1.165, 1.54) is 169 Å². The minimum Gasteiger partial charge on any atom is -0.340 e. The lowest BCUT2D eigenvalue weighted by molar-refractivity contribution is -0.385. The van der Waals surface area contributed by atoms with Crippen molar-refractivity contribution in [3.63, 3.8) is 0 Å². The van der Waals surface area contributed by atoms with Crippen LogP contribution in [0.1, 0.15) is 280 Å². The molecule has 21 heteroatoms. The van der Waals surface area contributed by atoms with Crippen molar-refractivity contribution in [1.82, 2.24) is 13.7 Å². The van der Waals surface area contributed by atoms with Crippen LogP contribution in [0.3, 0.4) is 0 Å². The van der Waals surface area contributed by atoms with Crippen molar-refractivity contribution in [2.24, 2.45) is 0 Å². The van der Waals surface area contributed by atoms with E-state index >= 15 is 0 Å². The maximum atomic E-state index is 12.1. The van der Waals surface area contributed by atoms with Gasteiger partial charge in [-0.25, -0.2) is 0 Å². The van der Waals surface area contributed by atoms with Crippen LogP contribution in [0.2, 0.25) is 0 Å². The van der Waals surface area contributed by atoms with Gasteiger partial charge in [-0.1, -0.05) is 265 Å². The Balaban J connectivity index is 1.20. The molecule has 0 N–H and O–H groups in total. The van der Waals surface area contributed by atoms with Crippen LogP contribution < -0.4 is 0 Å². The highest BCUT2D eigenvalue weighted by molar-refractivity contribution is 6.40. The van der Waals surface area contributed by atoms with E-state index in [2.05, 4.69) is 142 Å². The van der Waals surface area contributed by atoms with E-state index in [9.17, 15) is 60.7 Å². The van der Waals surface area contributed by atoms with E-state index < -0.39 is 29.5 Å². The molecular formula is C108H105N9O12. The Hall–Kier alpha value is -14.6. The van der Waals surface area contributed by atoms with Crippen LogP contribution >= 0.6 is 0 Å². The van der Waals surface area contributed by atoms with Gasteiger partial charge in [0.25, 0.3) is 34.1 Å². The molecule has 0 radical (unpaired) electrons. The maximum Gasteiger partial charge on any atom is 0.269 e. The molecule has 0 aliphatic rings. The monoisotopic (exact) mass is 1720 g/mol. The van der Waals surface area contributed by atoms with Crippen LogP contribution in [-0.4, -0.2) is 43.2 Å². The Morgan fingerprint density at radius 3 is 0.527 bits per heavy atom. The second-order valence-electron chi connectivity index (χ2n) is 33.2. The third-order valence-electron chi connectivity index (χ3n) is 24.0. The summed E-state index contributed by atoms with van der Waals surface area (Å²) in [6.45, 7) is 8.32. The first-order valence-corrected chi connectivity index (χ1v) is 45.6. The van der Waals surface area contributed by atoms with Gasteiger partial charge in [0, 0.05) is 192 Å². The predicted octanol–water partition coefficient (Wildman–Crippen LogP) is 27.6. The number of rotatable bonds is 39. The number of non-ortho nitro benzene ring substituents is 6. The highest BCUT2D eigenvalue weighted by Crippen LogP contribution is 2.50. The molecule has 0 atom stereocenters. The molecule has 0 saturated carbocycles. The van der Waals surface area contributed by atoms with Gasteiger partial charge in [0.1, 0.15) is 0 Å². The van der Waals surface area contributed by atoms with E-state index in [1.807, 2.05) is 0 Å². The molecule has 0 fully saturated rings. The highest BCUT2D eigenvalue weighted by Gasteiger charge is 2.30. The Morgan fingerprint density at radius 2 is 0.364 bits per heavy atom. The number of benzene rings is 10. The number of hydrogen-bond donors (Lipinski definition) is 0. The lowest BCUT2D eigenvalue weighted by Gasteiger charge is -2.13. The molecule has 0 aliphatic heterocycles. The zero-order chi connectivity index (χ0) is 90.5. The SMILES string of the molecule is CCCCCCCCCCCCn1c2cc(C#Cc3ccc([N+](=O)[O-])cc3)c(C#Cc3ccc([N+](=O)[O-])cc3)cc2c2c1c1c3cc(C#Cc4ccc([N+](=O)[O-])cc4)c(C#Cc4ccc([N+](=O)[O-])cc4)cc3n(CCCCCCCCCCCC)c1c1c3cc(C#Cc4ccc([N+](=O)[O-])cc4)c(C#Cc4ccc([N+](=O)[O-])cc4)cc3n(CCCCCCCCCCCC)c21. The number of unbranched alkanes of at least 4 members (excludes halogenated alkanes) is 27. The Morgan fingerprint density at radius 1 is 0.209 bits per heavy atom. The van der Waals surface area contributed by atoms with Crippen molar-refractivity contribution in [3.8, 4) is 71.0 Å². The molecule has 0 unspecified atom stereocenters. The molecule has 13 rings (SSSR count). The Labute approximate surface area is 752 Å². The summed E-state index contributed by atoms with van der Waals surface area (Å²) in [4.78, 5) is 69.7. The average Bonchev–Trinajstić information content (AvgIpc) is 1.51. The Bertz CT molecular complexity index is 6050. The van der Waals surface area contributed by atoms with Crippen molar-refractivity contribution in [3.05, 3.63) is 309 Å². The minimum absolute atomic E-state index is 0.0889. The van der Waals surface area contributed by atoms with Crippen LogP contribution in [0.4, 0.5) is 34.1 Å². The van der Waals surface area contributed by atoms with Crippen LogP contribution in [0.5, 0.6) is 0 Å². The summed E-state index contributed by atoms with van der Waals surface area (Å²) in [5.74, 6) is 41.2. The first-order chi connectivity index (χ1) is 62.9. The van der Waals surface area contributed by atoms with Gasteiger partial charge in [0.15, 0.2) is 0 Å². The average molecular weight is 1720 g/mol. The van der Waals surface area contributed by atoms with E-state index in [0.717, 1.165) is 162 Å². The van der Waals surface area contributed by atoms with E-state index in [-0.39, 0.29) is 34.1 Å². The first-order valence-electron chi connectivity index (χ1n) is 45.6. The number of fused-ring (bicyclic) bond motifs is 12. The summed E-state index contributed by atoms with van der Waals surface area (Å²) >= 11 is 0. The fourth-order valence-corrected chi connectivity index (χ4v) is 17.1. The van der Waals surface area contributed by atoms with Gasteiger partial charge in [0.05, 0.1) is 62.6 Å². The molecule has 10 aromatic carbocycles. The zero-order valence-electron chi connectivity index (χ0n) is 73.6. The van der Waals surface area contributed by atoms with Crippen LogP contribution in [-0.2, 0) is 19.6 Å². The summed E-state index contributed by atoms with van der Waals surface area (Å²) < 4.78 is 7.42. The van der Waals surface area contributed by atoms with Gasteiger partial charge < -0.3 is 13.7 Å². The lowest BCUT2D eigenvalue weighted by Crippen LogP contribution is -2.02. The quantitative estimate of drug-likeness (QED) is 0.0151. The fourth-order valence-electron chi connectivity index (χ4n) is 17.1. The van der Waals surface area contributed by atoms with Crippen LogP contribution in [0.25, 0.3) is 65.4 Å². The second-order valence-corrected chi connectivity index (χ2v) is 33.2. The first kappa shape index (κ1) is 92.0. The summed E-state index contributed by atoms with van der Waals surface area (Å²) in [6.07, 6.45) is 32.6. The number of nitro benzene ring substituents is 6. The number of nitrogens with zero attached hydrogens (tertiary/aromatic N) is 9. The minimum atomic E-state index is -0.453. The van der Waals surface area contributed by atoms with Gasteiger partial charge in [-0.2, -0.15) is 0 Å². The number of nitro groups is 6. The van der Waals surface area contributed by atoms with Gasteiger partial charge in [-0.3, -0.25) is 60.7 Å². The summed E-state index contributed by atoms with van der Waals surface area (Å²) in [6, 6.07) is 49.3. The van der Waals surface area contributed by atoms with Crippen molar-refractivity contribution in [2.45, 2.75) is 233 Å². The van der Waals surface area contributed by atoms with Crippen LogP contribution in [0, 0.1) is 132 Å². The smallest absolute Gasteiger partial charge is 0.269 e. The molecule has 129 heavy (non-hydrogen) atoms. The van der Waals surface area contributed by atoms with Gasteiger partial charge in [0.2, 0.25) is 0 Å². The molecular weight excluding hydrogens is 1620 g/mol. The van der Waals surface area contributed by atoms with Crippen molar-refractivity contribution in [1.29, 1.82) is 0 Å². The van der Waals surface area contributed by atoms with Gasteiger partial charge >= 0.3 is 0 Å². The van der Waals surface area contributed by atoms with E-state index in [1.54, 1.807) is 72.8 Å². The molecule has 0 aliphatic carbocycles. The van der Waals surface area contributed by atoms with Gasteiger partial charge in [-0.15, -0.1) is 0 Å². The third-order valence-corrected chi connectivity index (χ3v) is 24.0. The lowest BCUT2D eigenvalue weighted by atomic mass is 9.97. The third kappa shape index (κ3) is 23.7. The number of aryl methyl sites for hydroxylation is 3. The van der Waals surface area contributed by atoms with Crippen molar-refractivity contribution < 1.29 is 29.5 Å². The molecule has 0 amide bonds. The summed E-state index contributed by atoms with van der Waals surface area (Å²) in [5.41, 5.74) is 11.1. The summed E-state index contributed by atoms with van der Waals surface area (Å²) in [7, 11) is 0. The van der Waals surface area contributed by atoms with E-state index in [4.69, 9.17) is 0 Å². The largest absolute Gasteiger partial charge is 0.340 e. The second kappa shape index (κ2) is 45.5. The molecule has 0 saturated heterocycles. The van der Waals surface area contributed by atoms with Crippen molar-refractivity contribution in [2.75, 3.05) is 0 Å². The maximum absolute atomic E-state index is 12.1. The number of hydrogen-bond acceptors (Lipinski definition) is 12. The molecule has 21 nitrogen and oxygen atoms in total. The highest BCUT2D eigenvalue weighted by atomic mass is 16.6. The molecule has 13 aromatic rings. The van der Waals surface area contributed by atoms with Crippen LogP contribution in [0.15, 0.2) is 182 Å². The molecule has 0 spiro atoms. The summed E-state index contributed by atoms with van der Waals surface area (Å²) in [5, 5.41) is 77.7. The Kier molecular flexibility index (Phi) is 32.5. The standard InChI is InChI=1S/C108H105N9O12/c1-4-7-10-13-16-19-22-25-28-31-70-109-100-76-88(55-37-82-46-64-94(65-47-82)115(124)125)85(52-34-79-40-58-91(59-41-79)112(118)119)73-97(100)103-106(109)104-98-74-86(53-35-80-42-60-92(61-43-80)113(120)121)89(56-38-83-48-66-95(67-49-83)116(126)127)77-101(98)110(71-32-29-26-23-20-17-14-11-8-5-2)108(104)105-99-75-87(54-36-81-44-62-93(63-45-81)114(122)123)90(57-39-84-50-68-96(69-51-84)117(128)129)78-102(99)111(107(103)105)72-33-30-27-24-21-18-15-12-9-6-3/h40-51,58-69,73-78H,4-33,70-72H2,1-3H3. The zero-order valence-corrected chi connectivity index (χ0v) is 73.6. The van der Waals surface area contributed by atoms with E-state index in [0.29, 0.717) is 86.4 Å². The fraction of sp³-hybridized carbons (Fsp3) is 0.333. The molecule has 654 valence electrons. The molecule has 3 aromatic heterocycles. The topological polar surface area (TPSA) is 274 Å². The van der Waals surface area contributed by atoms with Gasteiger partial charge in [-0.05, 0) is 128 Å². The molecule has 3 heterocycles. The normalized spacial score (nSPS) is 11.0. The predicted molar refractivity (Wildman–Crippen MR) is 515 cm³/mol. The number of aromatic nitrogens is 3.